The number of anilines is 3. The predicted octanol–water partition coefficient (Wildman–Crippen LogP) is 7.75. The van der Waals surface area contributed by atoms with Gasteiger partial charge in [-0.3, -0.25) is 9.59 Å². The molecule has 0 spiro atoms. The van der Waals surface area contributed by atoms with Gasteiger partial charge in [0.1, 0.15) is 15.8 Å². The molecule has 2 aliphatic rings. The van der Waals surface area contributed by atoms with Crippen LogP contribution in [0.15, 0.2) is 48.5 Å². The first-order chi connectivity index (χ1) is 19.5. The summed E-state index contributed by atoms with van der Waals surface area (Å²) in [6.45, 7) is 0.703. The number of hydrogen-bond donors (Lipinski definition) is 4. The van der Waals surface area contributed by atoms with E-state index in [0.717, 1.165) is 12.5 Å². The van der Waals surface area contributed by atoms with Crippen LogP contribution < -0.4 is 21.3 Å². The molecule has 3 atom stereocenters. The highest BCUT2D eigenvalue weighted by Crippen LogP contribution is 2.65. The van der Waals surface area contributed by atoms with Crippen LogP contribution in [0.5, 0.6) is 0 Å². The van der Waals surface area contributed by atoms with Crippen molar-refractivity contribution in [2.45, 2.75) is 35.7 Å². The van der Waals surface area contributed by atoms with Crippen LogP contribution >= 0.6 is 58.0 Å². The summed E-state index contributed by atoms with van der Waals surface area (Å²) in [5.74, 6) is -3.99. The molecule has 2 fully saturated rings. The minimum atomic E-state index is -1.33. The molecule has 0 radical (unpaired) electrons. The molecule has 41 heavy (non-hydrogen) atoms. The van der Waals surface area contributed by atoms with Crippen LogP contribution in [0.25, 0.3) is 0 Å². The zero-order valence-electron chi connectivity index (χ0n) is 21.1. The topological polar surface area (TPSA) is 82.3 Å². The number of alkyl halides is 2. The van der Waals surface area contributed by atoms with Gasteiger partial charge in [-0.15, -0.1) is 23.2 Å². The monoisotopic (exact) mass is 660 g/mol. The molecule has 1 saturated carbocycles. The van der Waals surface area contributed by atoms with E-state index in [0.29, 0.717) is 44.8 Å². The number of rotatable bonds is 8. The van der Waals surface area contributed by atoms with Crippen molar-refractivity contribution in [1.29, 1.82) is 0 Å². The highest BCUT2D eigenvalue weighted by molar-refractivity contribution is 6.53. The molecule has 13 heteroatoms. The second kappa shape index (κ2) is 12.1. The van der Waals surface area contributed by atoms with Gasteiger partial charge >= 0.3 is 0 Å². The molecule has 3 aromatic carbocycles. The third-order valence-corrected chi connectivity index (χ3v) is 9.19. The summed E-state index contributed by atoms with van der Waals surface area (Å²) in [5, 5.41) is 12.1. The van der Waals surface area contributed by atoms with Gasteiger partial charge in [0.15, 0.2) is 5.82 Å². The predicted molar refractivity (Wildman–Crippen MR) is 161 cm³/mol. The van der Waals surface area contributed by atoms with Gasteiger partial charge in [-0.25, -0.2) is 8.78 Å². The molecule has 3 aromatic rings. The van der Waals surface area contributed by atoms with Crippen LogP contribution in [0.3, 0.4) is 0 Å². The van der Waals surface area contributed by atoms with Crippen LogP contribution in [0.1, 0.15) is 29.9 Å². The van der Waals surface area contributed by atoms with Crippen LogP contribution in [0.4, 0.5) is 25.8 Å². The number of carbonyl (C=O) groups is 2. The van der Waals surface area contributed by atoms with Crippen molar-refractivity contribution >= 4 is 86.9 Å². The Balaban J connectivity index is 1.26. The summed E-state index contributed by atoms with van der Waals surface area (Å²) in [6, 6.07) is 11.5. The van der Waals surface area contributed by atoms with Gasteiger partial charge in [0, 0.05) is 23.2 Å². The Kier molecular flexibility index (Phi) is 8.90. The Hall–Kier alpha value is -2.33. The van der Waals surface area contributed by atoms with Crippen molar-refractivity contribution < 1.29 is 18.4 Å². The molecule has 0 unspecified atom stereocenters. The van der Waals surface area contributed by atoms with E-state index in [4.69, 9.17) is 58.0 Å². The maximum atomic E-state index is 15.2. The molecule has 0 aromatic heterocycles. The first-order valence-corrected chi connectivity index (χ1v) is 14.5. The molecule has 1 saturated heterocycles. The minimum Gasteiger partial charge on any atom is -0.378 e. The van der Waals surface area contributed by atoms with Crippen LogP contribution in [-0.2, 0) is 16.1 Å². The average Bonchev–Trinajstić information content (AvgIpc) is 3.24. The summed E-state index contributed by atoms with van der Waals surface area (Å²) >= 11 is 31.4. The fraction of sp³-hybridized carbons (Fsp3) is 0.286. The fourth-order valence-corrected chi connectivity index (χ4v) is 6.21. The molecule has 5 rings (SSSR count). The van der Waals surface area contributed by atoms with Crippen LogP contribution in [0.2, 0.25) is 15.1 Å². The molecule has 6 nitrogen and oxygen atoms in total. The summed E-state index contributed by atoms with van der Waals surface area (Å²) < 4.78 is 28.2. The summed E-state index contributed by atoms with van der Waals surface area (Å²) in [6.07, 6.45) is 1.40. The molecule has 0 bridgehead atoms. The molecule has 2 amide bonds. The fourth-order valence-electron chi connectivity index (χ4n) is 4.89. The Morgan fingerprint density at radius 3 is 2.39 bits per heavy atom. The van der Waals surface area contributed by atoms with E-state index in [1.807, 2.05) is 0 Å². The molecule has 1 aliphatic heterocycles. The molecular weight excluding hydrogens is 640 g/mol. The number of halogens is 7. The smallest absolute Gasteiger partial charge is 0.241 e. The average molecular weight is 663 g/mol. The summed E-state index contributed by atoms with van der Waals surface area (Å²) in [5.41, 5.74) is 1.04. The molecule has 1 aliphatic carbocycles. The maximum absolute atomic E-state index is 15.2. The van der Waals surface area contributed by atoms with Gasteiger partial charge in [-0.05, 0) is 73.0 Å². The van der Waals surface area contributed by atoms with E-state index >= 15 is 4.39 Å². The Morgan fingerprint density at radius 1 is 0.927 bits per heavy atom. The van der Waals surface area contributed by atoms with Crippen molar-refractivity contribution in [2.75, 3.05) is 22.5 Å². The first kappa shape index (κ1) is 30.1. The van der Waals surface area contributed by atoms with Crippen molar-refractivity contribution in [2.24, 2.45) is 5.92 Å². The number of nitrogens with one attached hydrogen (secondary N) is 4. The second-order valence-electron chi connectivity index (χ2n) is 9.87. The Morgan fingerprint density at radius 2 is 1.68 bits per heavy atom. The van der Waals surface area contributed by atoms with Gasteiger partial charge in [-0.2, -0.15) is 0 Å². The Bertz CT molecular complexity index is 1520. The van der Waals surface area contributed by atoms with Crippen molar-refractivity contribution in [1.82, 2.24) is 5.32 Å². The third-order valence-electron chi connectivity index (χ3n) is 7.14. The van der Waals surface area contributed by atoms with Crippen molar-refractivity contribution in [3.8, 4) is 0 Å². The van der Waals surface area contributed by atoms with Gasteiger partial charge in [0.2, 0.25) is 11.8 Å². The lowest BCUT2D eigenvalue weighted by Crippen LogP contribution is -2.36. The number of benzene rings is 3. The molecule has 216 valence electrons. The van der Waals surface area contributed by atoms with Crippen molar-refractivity contribution in [3.63, 3.8) is 0 Å². The largest absolute Gasteiger partial charge is 0.378 e. The zero-order valence-corrected chi connectivity index (χ0v) is 24.9. The highest BCUT2D eigenvalue weighted by Gasteiger charge is 2.67. The SMILES string of the molecule is O=C(Nc1c(F)ccc(NCc2cc(NC(=O)[C@H]3[C@H](c4ccc(Cl)c(Cl)c4)C3(Cl)Cl)ccc2Cl)c1F)[C@H]1CCCN1. The lowest BCUT2D eigenvalue weighted by molar-refractivity contribution is -0.118. The van der Waals surface area contributed by atoms with Gasteiger partial charge in [0.25, 0.3) is 0 Å². The van der Waals surface area contributed by atoms with E-state index in [-0.39, 0.29) is 12.2 Å². The van der Waals surface area contributed by atoms with Gasteiger partial charge < -0.3 is 21.3 Å². The highest BCUT2D eigenvalue weighted by atomic mass is 35.5. The summed E-state index contributed by atoms with van der Waals surface area (Å²) in [4.78, 5) is 25.5. The van der Waals surface area contributed by atoms with Crippen LogP contribution in [0, 0.1) is 17.6 Å². The standard InChI is InChI=1S/C28H23Cl5F2N4O2/c29-16-6-4-15(38-27(41)23-22(28(23,32)33)13-3-5-17(30)18(31)11-13)10-14(16)12-37-20-8-7-19(34)25(24(20)35)39-26(40)21-2-1-9-36-21/h3-8,10-11,21-23,36-37H,1-2,9,12H2,(H,38,41)(H,39,40)/t21-,22+,23-/m1/s1. The second-order valence-corrected chi connectivity index (χ2v) is 12.5. The van der Waals surface area contributed by atoms with Gasteiger partial charge in [-0.1, -0.05) is 40.9 Å². The lowest BCUT2D eigenvalue weighted by Gasteiger charge is -2.16. The molecule has 4 N–H and O–H groups in total. The minimum absolute atomic E-state index is 0.0347. The van der Waals surface area contributed by atoms with E-state index in [1.165, 1.54) is 6.07 Å². The number of hydrogen-bond acceptors (Lipinski definition) is 4. The van der Waals surface area contributed by atoms with E-state index < -0.39 is 51.3 Å². The van der Waals surface area contributed by atoms with Crippen LogP contribution in [-0.4, -0.2) is 28.7 Å². The summed E-state index contributed by atoms with van der Waals surface area (Å²) in [7, 11) is 0. The quantitative estimate of drug-likeness (QED) is 0.186. The molecule has 1 heterocycles. The number of carbonyl (C=O) groups excluding carboxylic acids is 2. The zero-order chi connectivity index (χ0) is 29.5. The first-order valence-electron chi connectivity index (χ1n) is 12.7. The van der Waals surface area contributed by atoms with E-state index in [2.05, 4.69) is 21.3 Å². The molecular formula is C28H23Cl5F2N4O2. The lowest BCUT2D eigenvalue weighted by atomic mass is 10.1. The van der Waals surface area contributed by atoms with E-state index in [9.17, 15) is 14.0 Å². The van der Waals surface area contributed by atoms with E-state index in [1.54, 1.807) is 36.4 Å². The van der Waals surface area contributed by atoms with Crippen molar-refractivity contribution in [3.05, 3.63) is 86.4 Å². The maximum Gasteiger partial charge on any atom is 0.241 e. The normalized spacial score (nSPS) is 20.9. The number of amides is 2. The Labute approximate surface area is 260 Å². The third kappa shape index (κ3) is 6.38. The van der Waals surface area contributed by atoms with Gasteiger partial charge in [0.05, 0.1) is 27.7 Å².